The zero-order valence-electron chi connectivity index (χ0n) is 23.3. The van der Waals surface area contributed by atoms with Gasteiger partial charge in [0.2, 0.25) is 0 Å². The monoisotopic (exact) mass is 506 g/mol. The summed E-state index contributed by atoms with van der Waals surface area (Å²) in [7, 11) is 5.43. The third-order valence-corrected chi connectivity index (χ3v) is 5.47. The molecular weight excluding hydrogens is 458 g/mol. The number of carbonyl (C=O) groups is 2. The molecule has 0 saturated heterocycles. The van der Waals surface area contributed by atoms with Gasteiger partial charge in [0.05, 0.1) is 34.4 Å². The smallest absolute Gasteiger partial charge is 0.362 e. The van der Waals surface area contributed by atoms with E-state index in [0.29, 0.717) is 12.0 Å². The molecule has 0 bridgehead atoms. The molecule has 2 N–H and O–H groups in total. The van der Waals surface area contributed by atoms with Gasteiger partial charge in [-0.05, 0) is 32.6 Å². The van der Waals surface area contributed by atoms with Gasteiger partial charge in [-0.3, -0.25) is 0 Å². The average molecular weight is 507 g/mol. The van der Waals surface area contributed by atoms with Crippen LogP contribution < -0.4 is 0 Å². The maximum absolute atomic E-state index is 12.2. The highest BCUT2D eigenvalue weighted by Gasteiger charge is 2.30. The molecule has 0 spiro atoms. The summed E-state index contributed by atoms with van der Waals surface area (Å²) in [6.07, 6.45) is 18.7. The molecule has 0 heterocycles. The van der Waals surface area contributed by atoms with E-state index >= 15 is 0 Å². The fourth-order valence-corrected chi connectivity index (χ4v) is 3.30. The number of carboxylic acids is 1. The van der Waals surface area contributed by atoms with Gasteiger partial charge < -0.3 is 24.2 Å². The molecule has 0 aliphatic carbocycles. The van der Waals surface area contributed by atoms with Crippen LogP contribution in [0.25, 0.3) is 0 Å². The van der Waals surface area contributed by atoms with Gasteiger partial charge in [0.25, 0.3) is 0 Å². The van der Waals surface area contributed by atoms with Crippen LogP contribution in [0.3, 0.4) is 0 Å². The second-order valence-electron chi connectivity index (χ2n) is 10.1. The topological polar surface area (TPSA) is 93.1 Å². The van der Waals surface area contributed by atoms with Gasteiger partial charge in [0.1, 0.15) is 12.7 Å². The van der Waals surface area contributed by atoms with Crippen LogP contribution in [0, 0.1) is 5.92 Å². The fourth-order valence-electron chi connectivity index (χ4n) is 3.30. The molecule has 1 unspecified atom stereocenters. The number of quaternary nitrogens is 1. The Morgan fingerprint density at radius 2 is 1.64 bits per heavy atom. The maximum Gasteiger partial charge on any atom is 0.362 e. The van der Waals surface area contributed by atoms with Crippen LogP contribution in [-0.2, 0) is 19.1 Å². The second kappa shape index (κ2) is 18.7. The van der Waals surface area contributed by atoms with Crippen molar-refractivity contribution in [3.8, 4) is 0 Å². The third kappa shape index (κ3) is 17.0. The molecule has 0 radical (unpaired) electrons. The van der Waals surface area contributed by atoms with Gasteiger partial charge in [0, 0.05) is 12.0 Å². The van der Waals surface area contributed by atoms with Crippen LogP contribution in [-0.4, -0.2) is 79.7 Å². The number of aliphatic carboxylic acids is 1. The molecule has 36 heavy (non-hydrogen) atoms. The summed E-state index contributed by atoms with van der Waals surface area (Å²) in [5.41, 5.74) is 1.84. The van der Waals surface area contributed by atoms with Crippen LogP contribution >= 0.6 is 0 Å². The Balaban J connectivity index is 4.36. The molecular formula is C29H48NO6+. The number of esters is 1. The van der Waals surface area contributed by atoms with E-state index in [4.69, 9.17) is 9.47 Å². The number of hydrogen-bond donors (Lipinski definition) is 2. The molecule has 0 aromatic heterocycles. The van der Waals surface area contributed by atoms with Gasteiger partial charge in [-0.2, -0.15) is 0 Å². The number of carbonyl (C=O) groups excluding carboxylic acids is 1. The minimum atomic E-state index is -0.977. The van der Waals surface area contributed by atoms with E-state index < -0.39 is 24.1 Å². The number of likely N-dealkylation sites (N-methyl/N-ethyl adjacent to an activating group) is 1. The standard InChI is InChI=1S/C29H47NO6/c1-8-9-15-23(2)16-13-11-10-12-14-17-24(3)20-25(4)29(34)36-22-26(31)21-35-19-18-27(28(32)33)30(5,6)7/h10-14,16-17,20,24,26-27,31H,8-9,15,18-19,21-22H2,1-7H3/p+1/b12-10+,13-11+,17-14+,23-16+,25-20+/t24?,26-,27-/m0/s1. The largest absolute Gasteiger partial charge is 0.477 e. The highest BCUT2D eigenvalue weighted by Crippen LogP contribution is 2.10. The van der Waals surface area contributed by atoms with E-state index in [9.17, 15) is 19.8 Å². The molecule has 7 nitrogen and oxygen atoms in total. The Bertz CT molecular complexity index is 801. The van der Waals surface area contributed by atoms with Gasteiger partial charge in [-0.25, -0.2) is 9.59 Å². The molecule has 0 fully saturated rings. The van der Waals surface area contributed by atoms with E-state index in [2.05, 4.69) is 19.9 Å². The van der Waals surface area contributed by atoms with E-state index in [1.54, 1.807) is 6.92 Å². The van der Waals surface area contributed by atoms with Crippen molar-refractivity contribution in [2.45, 2.75) is 65.5 Å². The summed E-state index contributed by atoms with van der Waals surface area (Å²) in [6.45, 7) is 7.96. The first kappa shape index (κ1) is 33.5. The van der Waals surface area contributed by atoms with Crippen LogP contribution in [0.15, 0.2) is 59.8 Å². The minimum Gasteiger partial charge on any atom is -0.477 e. The molecule has 0 aliphatic rings. The average Bonchev–Trinajstić information content (AvgIpc) is 2.79. The van der Waals surface area contributed by atoms with Crippen molar-refractivity contribution in [2.75, 3.05) is 41.0 Å². The van der Waals surface area contributed by atoms with Crippen LogP contribution in [0.5, 0.6) is 0 Å². The Hall–Kier alpha value is -2.48. The molecule has 0 rings (SSSR count). The highest BCUT2D eigenvalue weighted by molar-refractivity contribution is 5.87. The number of hydrogen-bond acceptors (Lipinski definition) is 5. The quantitative estimate of drug-likeness (QED) is 0.0908. The van der Waals surface area contributed by atoms with Gasteiger partial charge in [-0.1, -0.05) is 74.4 Å². The third-order valence-electron chi connectivity index (χ3n) is 5.47. The first-order valence-electron chi connectivity index (χ1n) is 12.7. The van der Waals surface area contributed by atoms with E-state index in [1.807, 2.05) is 70.6 Å². The fraction of sp³-hybridized carbons (Fsp3) is 0.586. The second-order valence-corrected chi connectivity index (χ2v) is 10.1. The number of rotatable bonds is 18. The number of nitrogens with zero attached hydrogens (tertiary/aromatic N) is 1. The minimum absolute atomic E-state index is 0.0342. The van der Waals surface area contributed by atoms with Crippen molar-refractivity contribution in [1.82, 2.24) is 0 Å². The Kier molecular flexibility index (Phi) is 17.5. The van der Waals surface area contributed by atoms with Gasteiger partial charge in [0.15, 0.2) is 6.04 Å². The zero-order valence-corrected chi connectivity index (χ0v) is 23.3. The van der Waals surface area contributed by atoms with Crippen LogP contribution in [0.2, 0.25) is 0 Å². The van der Waals surface area contributed by atoms with Crippen LogP contribution in [0.4, 0.5) is 0 Å². The summed E-state index contributed by atoms with van der Waals surface area (Å²) in [4.78, 5) is 23.5. The predicted molar refractivity (Wildman–Crippen MR) is 145 cm³/mol. The highest BCUT2D eigenvalue weighted by atomic mass is 16.5. The number of allylic oxidation sites excluding steroid dienone is 9. The Morgan fingerprint density at radius 3 is 2.25 bits per heavy atom. The Labute approximate surface area is 218 Å². The summed E-state index contributed by atoms with van der Waals surface area (Å²) >= 11 is 0. The van der Waals surface area contributed by atoms with E-state index in [-0.39, 0.29) is 30.2 Å². The number of carboxylic acid groups (broad SMARTS) is 1. The molecule has 0 aromatic rings. The van der Waals surface area contributed by atoms with Gasteiger partial charge >= 0.3 is 11.9 Å². The number of aliphatic hydroxyl groups is 1. The number of unbranched alkanes of at least 4 members (excludes halogenated alkanes) is 1. The predicted octanol–water partition coefficient (Wildman–Crippen LogP) is 4.84. The molecule has 0 aromatic carbocycles. The lowest BCUT2D eigenvalue weighted by Crippen LogP contribution is -2.50. The normalized spacial score (nSPS) is 16.1. The van der Waals surface area contributed by atoms with Crippen molar-refractivity contribution in [1.29, 1.82) is 0 Å². The molecule has 204 valence electrons. The lowest BCUT2D eigenvalue weighted by atomic mass is 10.1. The van der Waals surface area contributed by atoms with Crippen molar-refractivity contribution in [2.24, 2.45) is 5.92 Å². The van der Waals surface area contributed by atoms with E-state index in [1.165, 1.54) is 18.4 Å². The van der Waals surface area contributed by atoms with Crippen molar-refractivity contribution in [3.05, 3.63) is 59.8 Å². The molecule has 0 aliphatic heterocycles. The van der Waals surface area contributed by atoms with Crippen molar-refractivity contribution < 1.29 is 33.8 Å². The summed E-state index contributed by atoms with van der Waals surface area (Å²) < 4.78 is 10.8. The molecule has 7 heteroatoms. The SMILES string of the molecule is CCCC/C(C)=C/C=C/C=C/C=C/C(C)/C=C(\C)C(=O)OC[C@@H](O)COCC[C@@H](C(=O)O)[N+](C)(C)C. The first-order chi connectivity index (χ1) is 16.9. The molecule has 3 atom stereocenters. The summed E-state index contributed by atoms with van der Waals surface area (Å²) in [5, 5.41) is 19.3. The van der Waals surface area contributed by atoms with Gasteiger partial charge in [-0.15, -0.1) is 0 Å². The summed E-state index contributed by atoms with van der Waals surface area (Å²) in [5.74, 6) is -1.34. The molecule has 0 amide bonds. The number of ether oxygens (including phenoxy) is 2. The number of aliphatic hydroxyl groups excluding tert-OH is 1. The Morgan fingerprint density at radius 1 is 1.00 bits per heavy atom. The van der Waals surface area contributed by atoms with E-state index in [0.717, 1.165) is 6.42 Å². The van der Waals surface area contributed by atoms with Crippen LogP contribution in [0.1, 0.15) is 53.4 Å². The lowest BCUT2D eigenvalue weighted by Gasteiger charge is -2.31. The maximum atomic E-state index is 12.2. The van der Waals surface area contributed by atoms with Crippen molar-refractivity contribution >= 4 is 11.9 Å². The summed E-state index contributed by atoms with van der Waals surface area (Å²) in [6, 6.07) is -0.600. The lowest BCUT2D eigenvalue weighted by molar-refractivity contribution is -0.887. The zero-order chi connectivity index (χ0) is 27.6. The van der Waals surface area contributed by atoms with Crippen molar-refractivity contribution in [3.63, 3.8) is 0 Å². The molecule has 0 saturated carbocycles. The first-order valence-corrected chi connectivity index (χ1v) is 12.7.